The summed E-state index contributed by atoms with van der Waals surface area (Å²) in [6.45, 7) is 7.04. The van der Waals surface area contributed by atoms with Gasteiger partial charge in [-0.2, -0.15) is 0 Å². The molecule has 2 N–H and O–H groups in total. The van der Waals surface area contributed by atoms with E-state index in [1.807, 2.05) is 0 Å². The quantitative estimate of drug-likeness (QED) is 0.858. The first-order chi connectivity index (χ1) is 11.9. The lowest BCUT2D eigenvalue weighted by Gasteiger charge is -2.45. The first kappa shape index (κ1) is 17.0. The average Bonchev–Trinajstić information content (AvgIpc) is 3.02. The molecule has 0 bridgehead atoms. The van der Waals surface area contributed by atoms with Crippen molar-refractivity contribution in [2.24, 2.45) is 17.6 Å². The van der Waals surface area contributed by atoms with Gasteiger partial charge in [-0.1, -0.05) is 81.4 Å². The van der Waals surface area contributed by atoms with Gasteiger partial charge in [0.25, 0.3) is 8.32 Å². The second-order valence-corrected chi connectivity index (χ2v) is 13.0. The predicted molar refractivity (Wildman–Crippen MR) is 107 cm³/mol. The van der Waals surface area contributed by atoms with E-state index in [4.69, 9.17) is 10.2 Å². The highest BCUT2D eigenvalue weighted by Gasteiger charge is 2.58. The highest BCUT2D eigenvalue weighted by Crippen LogP contribution is 2.53. The number of benzene rings is 2. The smallest absolute Gasteiger partial charge is 0.261 e. The largest absolute Gasteiger partial charge is 0.404 e. The molecule has 4 atom stereocenters. The van der Waals surface area contributed by atoms with E-state index in [0.717, 1.165) is 12.8 Å². The molecule has 0 amide bonds. The van der Waals surface area contributed by atoms with Crippen LogP contribution in [0.5, 0.6) is 0 Å². The van der Waals surface area contributed by atoms with E-state index in [0.29, 0.717) is 24.0 Å². The van der Waals surface area contributed by atoms with Gasteiger partial charge >= 0.3 is 0 Å². The van der Waals surface area contributed by atoms with Crippen molar-refractivity contribution in [2.45, 2.75) is 50.8 Å². The molecule has 132 valence electrons. The summed E-state index contributed by atoms with van der Waals surface area (Å²) < 4.78 is 7.17. The molecule has 3 heteroatoms. The summed E-state index contributed by atoms with van der Waals surface area (Å²) in [7, 11) is -2.39. The molecule has 2 fully saturated rings. The molecule has 2 aliphatic rings. The molecule has 2 aromatic carbocycles. The van der Waals surface area contributed by atoms with Crippen LogP contribution in [0.3, 0.4) is 0 Å². The van der Waals surface area contributed by atoms with Crippen molar-refractivity contribution in [2.75, 3.05) is 0 Å². The van der Waals surface area contributed by atoms with Crippen LogP contribution in [-0.2, 0) is 4.43 Å². The zero-order chi connectivity index (χ0) is 17.7. The summed E-state index contributed by atoms with van der Waals surface area (Å²) in [5, 5.41) is 2.81. The summed E-state index contributed by atoms with van der Waals surface area (Å²) >= 11 is 0. The SMILES string of the molecule is CC(C)(C)[Si](OC1C[C@@H]2C(N)[C@@H]2C1)(c1ccccc1)c1ccccc1. The fourth-order valence-corrected chi connectivity index (χ4v) is 9.59. The Morgan fingerprint density at radius 2 is 1.28 bits per heavy atom. The van der Waals surface area contributed by atoms with Gasteiger partial charge in [0.1, 0.15) is 0 Å². The highest BCUT2D eigenvalue weighted by atomic mass is 28.4. The summed E-state index contributed by atoms with van der Waals surface area (Å²) in [4.78, 5) is 0. The van der Waals surface area contributed by atoms with Crippen LogP contribution in [0.1, 0.15) is 33.6 Å². The Hall–Kier alpha value is -1.42. The number of fused-ring (bicyclic) bond motifs is 1. The fraction of sp³-hybridized carbons (Fsp3) is 0.455. The van der Waals surface area contributed by atoms with Gasteiger partial charge in [-0.15, -0.1) is 0 Å². The number of nitrogens with two attached hydrogens (primary N) is 1. The standard InChI is InChI=1S/C22H29NOSi/c1-22(2,3)25(17-10-6-4-7-11-17,18-12-8-5-9-13-18)24-16-14-19-20(15-16)21(19)23/h4-13,16,19-21H,14-15,23H2,1-3H3/t16?,19-,20+,21?. The van der Waals surface area contributed by atoms with Crippen LogP contribution in [0.25, 0.3) is 0 Å². The third kappa shape index (κ3) is 2.79. The molecule has 2 saturated carbocycles. The van der Waals surface area contributed by atoms with Crippen molar-refractivity contribution in [1.82, 2.24) is 0 Å². The van der Waals surface area contributed by atoms with Gasteiger partial charge in [-0.3, -0.25) is 0 Å². The Morgan fingerprint density at radius 3 is 1.68 bits per heavy atom. The van der Waals surface area contributed by atoms with Crippen molar-refractivity contribution < 1.29 is 4.43 Å². The van der Waals surface area contributed by atoms with E-state index in [-0.39, 0.29) is 5.04 Å². The van der Waals surface area contributed by atoms with E-state index in [2.05, 4.69) is 81.4 Å². The van der Waals surface area contributed by atoms with E-state index in [1.54, 1.807) is 0 Å². The van der Waals surface area contributed by atoms with Gasteiger partial charge in [-0.05, 0) is 40.1 Å². The molecule has 0 heterocycles. The van der Waals surface area contributed by atoms with Crippen molar-refractivity contribution in [3.63, 3.8) is 0 Å². The second-order valence-electron chi connectivity index (χ2n) is 8.78. The Bertz CT molecular complexity index is 673. The van der Waals surface area contributed by atoms with Crippen LogP contribution < -0.4 is 16.1 Å². The van der Waals surface area contributed by atoms with Gasteiger partial charge in [0.2, 0.25) is 0 Å². The zero-order valence-electron chi connectivity index (χ0n) is 15.5. The first-order valence-corrected chi connectivity index (χ1v) is 11.4. The molecule has 0 spiro atoms. The molecule has 2 nitrogen and oxygen atoms in total. The molecular weight excluding hydrogens is 322 g/mol. The minimum atomic E-state index is -2.39. The minimum Gasteiger partial charge on any atom is -0.404 e. The van der Waals surface area contributed by atoms with Crippen LogP contribution in [-0.4, -0.2) is 20.5 Å². The van der Waals surface area contributed by atoms with Gasteiger partial charge in [0.15, 0.2) is 0 Å². The fourth-order valence-electron chi connectivity index (χ4n) is 4.88. The van der Waals surface area contributed by atoms with Crippen LogP contribution in [0.15, 0.2) is 60.7 Å². The van der Waals surface area contributed by atoms with Gasteiger partial charge in [0.05, 0.1) is 0 Å². The summed E-state index contributed by atoms with van der Waals surface area (Å²) in [5.41, 5.74) is 6.16. The van der Waals surface area contributed by atoms with Gasteiger partial charge in [0, 0.05) is 12.1 Å². The third-order valence-electron chi connectivity index (χ3n) is 6.23. The zero-order valence-corrected chi connectivity index (χ0v) is 16.5. The lowest BCUT2D eigenvalue weighted by atomic mass is 10.2. The predicted octanol–water partition coefficient (Wildman–Crippen LogP) is 3.30. The lowest BCUT2D eigenvalue weighted by Crippen LogP contribution is -2.67. The molecule has 25 heavy (non-hydrogen) atoms. The monoisotopic (exact) mass is 351 g/mol. The summed E-state index contributed by atoms with van der Waals surface area (Å²) in [6.07, 6.45) is 2.62. The van der Waals surface area contributed by atoms with Crippen LogP contribution in [0, 0.1) is 11.8 Å². The van der Waals surface area contributed by atoms with Crippen molar-refractivity contribution in [3.8, 4) is 0 Å². The summed E-state index contributed by atoms with van der Waals surface area (Å²) in [6, 6.07) is 22.3. The van der Waals surface area contributed by atoms with Crippen molar-refractivity contribution >= 4 is 18.7 Å². The maximum atomic E-state index is 7.17. The Balaban J connectivity index is 1.79. The Morgan fingerprint density at radius 1 is 0.840 bits per heavy atom. The molecule has 4 rings (SSSR count). The molecule has 2 aliphatic carbocycles. The van der Waals surface area contributed by atoms with Crippen molar-refractivity contribution in [3.05, 3.63) is 60.7 Å². The summed E-state index contributed by atoms with van der Waals surface area (Å²) in [5.74, 6) is 1.39. The molecule has 0 radical (unpaired) electrons. The van der Waals surface area contributed by atoms with E-state index < -0.39 is 8.32 Å². The van der Waals surface area contributed by atoms with Crippen LogP contribution in [0.4, 0.5) is 0 Å². The molecule has 0 aromatic heterocycles. The minimum absolute atomic E-state index is 0.0601. The molecule has 0 saturated heterocycles. The van der Waals surface area contributed by atoms with Crippen LogP contribution >= 0.6 is 0 Å². The highest BCUT2D eigenvalue weighted by molar-refractivity contribution is 6.99. The first-order valence-electron chi connectivity index (χ1n) is 9.48. The maximum Gasteiger partial charge on any atom is 0.261 e. The van der Waals surface area contributed by atoms with E-state index >= 15 is 0 Å². The molecular formula is C22H29NOSi. The van der Waals surface area contributed by atoms with Gasteiger partial charge in [-0.25, -0.2) is 0 Å². The van der Waals surface area contributed by atoms with Crippen LogP contribution in [0.2, 0.25) is 5.04 Å². The topological polar surface area (TPSA) is 35.2 Å². The number of hydrogen-bond acceptors (Lipinski definition) is 2. The molecule has 0 aliphatic heterocycles. The van der Waals surface area contributed by atoms with E-state index in [1.165, 1.54) is 10.4 Å². The number of rotatable bonds is 4. The number of hydrogen-bond donors (Lipinski definition) is 1. The third-order valence-corrected chi connectivity index (χ3v) is 11.3. The average molecular weight is 352 g/mol. The lowest BCUT2D eigenvalue weighted by molar-refractivity contribution is 0.178. The van der Waals surface area contributed by atoms with Crippen molar-refractivity contribution in [1.29, 1.82) is 0 Å². The Kier molecular flexibility index (Phi) is 4.14. The second kappa shape index (κ2) is 6.08. The van der Waals surface area contributed by atoms with E-state index in [9.17, 15) is 0 Å². The molecule has 2 aromatic rings. The normalized spacial score (nSPS) is 28.6. The maximum absolute atomic E-state index is 7.17. The Labute approximate surface area is 152 Å². The van der Waals surface area contributed by atoms with Gasteiger partial charge < -0.3 is 10.2 Å². The molecule has 2 unspecified atom stereocenters.